The van der Waals surface area contributed by atoms with Crippen LogP contribution < -0.4 is 10.6 Å². The van der Waals surface area contributed by atoms with Crippen molar-refractivity contribution in [1.29, 1.82) is 0 Å². The summed E-state index contributed by atoms with van der Waals surface area (Å²) in [4.78, 5) is 18.9. The number of amides is 2. The summed E-state index contributed by atoms with van der Waals surface area (Å²) in [5, 5.41) is 6.52. The van der Waals surface area contributed by atoms with Crippen LogP contribution >= 0.6 is 23.2 Å². The minimum absolute atomic E-state index is 0.292. The average Bonchev–Trinajstić information content (AvgIpc) is 2.86. The fourth-order valence-electron chi connectivity index (χ4n) is 2.02. The fourth-order valence-corrected chi connectivity index (χ4v) is 2.33. The average molecular weight is 335 g/mol. The lowest BCUT2D eigenvalue weighted by atomic mass is 10.2. The van der Waals surface area contributed by atoms with Crippen LogP contribution in [0.15, 0.2) is 42.5 Å². The lowest BCUT2D eigenvalue weighted by molar-refractivity contribution is 0.251. The van der Waals surface area contributed by atoms with Gasteiger partial charge in [0.25, 0.3) is 0 Å². The molecule has 112 valence electrons. The number of nitrogens with zero attached hydrogens (tertiary/aromatic N) is 1. The van der Waals surface area contributed by atoms with Crippen LogP contribution in [0.4, 0.5) is 10.5 Å². The minimum atomic E-state index is -0.292. The van der Waals surface area contributed by atoms with Crippen LogP contribution in [0.25, 0.3) is 11.0 Å². The predicted molar refractivity (Wildman–Crippen MR) is 88.4 cm³/mol. The molecular formula is C15H12Cl2N4O. The third-order valence-corrected chi connectivity index (χ3v) is 3.51. The van der Waals surface area contributed by atoms with E-state index in [9.17, 15) is 4.79 Å². The summed E-state index contributed by atoms with van der Waals surface area (Å²) in [6, 6.07) is 12.3. The highest BCUT2D eigenvalue weighted by Gasteiger charge is 2.05. The quantitative estimate of drug-likeness (QED) is 0.672. The highest BCUT2D eigenvalue weighted by Crippen LogP contribution is 2.19. The molecule has 22 heavy (non-hydrogen) atoms. The number of hydrogen-bond donors (Lipinski definition) is 3. The molecule has 0 bridgehead atoms. The first-order valence-corrected chi connectivity index (χ1v) is 7.30. The van der Waals surface area contributed by atoms with E-state index >= 15 is 0 Å². The first-order chi connectivity index (χ1) is 10.6. The van der Waals surface area contributed by atoms with Gasteiger partial charge in [0, 0.05) is 17.3 Å². The molecule has 0 aliphatic rings. The number of halogens is 2. The van der Waals surface area contributed by atoms with Gasteiger partial charge < -0.3 is 15.6 Å². The van der Waals surface area contributed by atoms with Crippen LogP contribution in [-0.4, -0.2) is 16.0 Å². The highest BCUT2D eigenvalue weighted by atomic mass is 35.5. The zero-order chi connectivity index (χ0) is 15.5. The van der Waals surface area contributed by atoms with Crippen LogP contribution in [-0.2, 0) is 6.54 Å². The summed E-state index contributed by atoms with van der Waals surface area (Å²) in [6.45, 7) is 0.418. The topological polar surface area (TPSA) is 69.8 Å². The Morgan fingerprint density at radius 2 is 1.91 bits per heavy atom. The van der Waals surface area contributed by atoms with Crippen molar-refractivity contribution in [2.24, 2.45) is 0 Å². The molecule has 0 aliphatic heterocycles. The van der Waals surface area contributed by atoms with Crippen molar-refractivity contribution in [3.63, 3.8) is 0 Å². The Morgan fingerprint density at radius 3 is 2.68 bits per heavy atom. The molecule has 3 aromatic rings. The molecule has 1 heterocycles. The number of aromatic nitrogens is 2. The maximum atomic E-state index is 11.9. The van der Waals surface area contributed by atoms with Crippen molar-refractivity contribution in [2.75, 3.05) is 5.32 Å². The number of benzene rings is 2. The van der Waals surface area contributed by atoms with Gasteiger partial charge in [-0.05, 0) is 47.5 Å². The molecule has 0 unspecified atom stereocenters. The van der Waals surface area contributed by atoms with E-state index in [1.807, 2.05) is 12.1 Å². The molecule has 5 nitrogen and oxygen atoms in total. The number of H-pyrrole nitrogens is 1. The number of carbonyl (C=O) groups is 1. The van der Waals surface area contributed by atoms with Crippen LogP contribution in [0.5, 0.6) is 0 Å². The largest absolute Gasteiger partial charge is 0.334 e. The van der Waals surface area contributed by atoms with Crippen molar-refractivity contribution < 1.29 is 4.79 Å². The van der Waals surface area contributed by atoms with Crippen molar-refractivity contribution in [2.45, 2.75) is 6.54 Å². The number of nitrogens with one attached hydrogen (secondary N) is 3. The molecule has 1 aromatic heterocycles. The van der Waals surface area contributed by atoms with Crippen LogP contribution in [0.1, 0.15) is 5.56 Å². The van der Waals surface area contributed by atoms with E-state index in [1.54, 1.807) is 30.3 Å². The summed E-state index contributed by atoms with van der Waals surface area (Å²) in [5.41, 5.74) is 3.13. The van der Waals surface area contributed by atoms with E-state index in [1.165, 1.54) is 0 Å². The molecule has 2 aromatic carbocycles. The van der Waals surface area contributed by atoms with E-state index in [2.05, 4.69) is 20.6 Å². The number of aromatic amines is 1. The maximum absolute atomic E-state index is 11.9. The summed E-state index contributed by atoms with van der Waals surface area (Å²) in [6.07, 6.45) is 0. The van der Waals surface area contributed by atoms with Crippen molar-refractivity contribution in [3.05, 3.63) is 58.3 Å². The monoisotopic (exact) mass is 334 g/mol. The molecule has 3 rings (SSSR count). The van der Waals surface area contributed by atoms with E-state index in [-0.39, 0.29) is 6.03 Å². The molecule has 0 saturated carbocycles. The molecule has 0 atom stereocenters. The van der Waals surface area contributed by atoms with Gasteiger partial charge in [-0.1, -0.05) is 23.7 Å². The zero-order valence-electron chi connectivity index (χ0n) is 11.4. The lowest BCUT2D eigenvalue weighted by Gasteiger charge is -2.08. The van der Waals surface area contributed by atoms with Gasteiger partial charge in [0.15, 0.2) is 0 Å². The minimum Gasteiger partial charge on any atom is -0.334 e. The summed E-state index contributed by atoms with van der Waals surface area (Å²) < 4.78 is 0. The molecule has 0 aliphatic carbocycles. The van der Waals surface area contributed by atoms with Gasteiger partial charge in [-0.25, -0.2) is 9.78 Å². The van der Waals surface area contributed by atoms with E-state index < -0.39 is 0 Å². The second-order valence-corrected chi connectivity index (χ2v) is 5.49. The number of hydrogen-bond acceptors (Lipinski definition) is 2. The van der Waals surface area contributed by atoms with Crippen LogP contribution in [0.2, 0.25) is 10.3 Å². The first kappa shape index (κ1) is 14.7. The summed E-state index contributed by atoms with van der Waals surface area (Å²) >= 11 is 11.6. The van der Waals surface area contributed by atoms with Crippen molar-refractivity contribution in [3.8, 4) is 0 Å². The molecule has 0 fully saturated rings. The smallest absolute Gasteiger partial charge is 0.319 e. The van der Waals surface area contributed by atoms with E-state index in [0.717, 1.165) is 16.6 Å². The van der Waals surface area contributed by atoms with Gasteiger partial charge in [0.2, 0.25) is 5.28 Å². The van der Waals surface area contributed by atoms with Crippen LogP contribution in [0, 0.1) is 0 Å². The summed E-state index contributed by atoms with van der Waals surface area (Å²) in [5.74, 6) is 0. The molecule has 0 spiro atoms. The molecule has 2 amide bonds. The van der Waals surface area contributed by atoms with Crippen LogP contribution in [0.3, 0.4) is 0 Å². The molecule has 0 saturated heterocycles. The van der Waals surface area contributed by atoms with Crippen molar-refractivity contribution in [1.82, 2.24) is 15.3 Å². The molecular weight excluding hydrogens is 323 g/mol. The standard InChI is InChI=1S/C15H12Cl2N4O/c16-10-3-1-9(2-4-10)8-18-15(22)19-11-5-6-12-13(7-11)21-14(17)20-12/h1-7H,8H2,(H,20,21)(H2,18,19,22). The maximum Gasteiger partial charge on any atom is 0.319 e. The van der Waals surface area contributed by atoms with Gasteiger partial charge in [-0.2, -0.15) is 0 Å². The SMILES string of the molecule is O=C(NCc1ccc(Cl)cc1)Nc1ccc2nc(Cl)[nH]c2c1. The van der Waals surface area contributed by atoms with Gasteiger partial charge >= 0.3 is 6.03 Å². The predicted octanol–water partition coefficient (Wildman–Crippen LogP) is 4.19. The lowest BCUT2D eigenvalue weighted by Crippen LogP contribution is -2.28. The summed E-state index contributed by atoms with van der Waals surface area (Å²) in [7, 11) is 0. The number of anilines is 1. The number of urea groups is 1. The Kier molecular flexibility index (Phi) is 4.18. The molecule has 3 N–H and O–H groups in total. The number of carbonyl (C=O) groups excluding carboxylic acids is 1. The van der Waals surface area contributed by atoms with Crippen molar-refractivity contribution >= 4 is 46.0 Å². The third kappa shape index (κ3) is 3.50. The normalized spacial score (nSPS) is 10.6. The Bertz CT molecular complexity index is 814. The van der Waals surface area contributed by atoms with Gasteiger partial charge in [0.1, 0.15) is 0 Å². The molecule has 7 heteroatoms. The second-order valence-electron chi connectivity index (χ2n) is 4.69. The Labute approximate surface area is 136 Å². The van der Waals surface area contributed by atoms with Gasteiger partial charge in [-0.15, -0.1) is 0 Å². The Morgan fingerprint density at radius 1 is 1.14 bits per heavy atom. The van der Waals surface area contributed by atoms with Gasteiger partial charge in [-0.3, -0.25) is 0 Å². The first-order valence-electron chi connectivity index (χ1n) is 6.55. The Balaban J connectivity index is 1.61. The number of fused-ring (bicyclic) bond motifs is 1. The van der Waals surface area contributed by atoms with E-state index in [4.69, 9.17) is 23.2 Å². The molecule has 0 radical (unpaired) electrons. The number of rotatable bonds is 3. The van der Waals surface area contributed by atoms with E-state index in [0.29, 0.717) is 22.5 Å². The number of imidazole rings is 1. The highest BCUT2D eigenvalue weighted by molar-refractivity contribution is 6.30. The second kappa shape index (κ2) is 6.25. The Hall–Kier alpha value is -2.24. The fraction of sp³-hybridized carbons (Fsp3) is 0.0667. The zero-order valence-corrected chi connectivity index (χ0v) is 12.9. The third-order valence-electron chi connectivity index (χ3n) is 3.08. The van der Waals surface area contributed by atoms with Gasteiger partial charge in [0.05, 0.1) is 11.0 Å².